The molecule has 0 heterocycles. The maximum atomic E-state index is 10.7. The van der Waals surface area contributed by atoms with E-state index in [0.29, 0.717) is 12.5 Å². The molecular weight excluding hydrogens is 142 g/mol. The van der Waals surface area contributed by atoms with Crippen molar-refractivity contribution in [2.45, 2.75) is 18.9 Å². The highest BCUT2D eigenvalue weighted by Crippen LogP contribution is 2.34. The summed E-state index contributed by atoms with van der Waals surface area (Å²) in [5.74, 6) is 0.595. The van der Waals surface area contributed by atoms with E-state index in [0.717, 1.165) is 0 Å². The van der Waals surface area contributed by atoms with Crippen LogP contribution in [-0.2, 0) is 0 Å². The normalized spacial score (nSPS) is 19.5. The smallest absolute Gasteiger partial charge is 0.314 e. The van der Waals surface area contributed by atoms with Gasteiger partial charge >= 0.3 is 6.03 Å². The first-order valence-electron chi connectivity index (χ1n) is 3.89. The summed E-state index contributed by atoms with van der Waals surface area (Å²) in [6.45, 7) is 0.518. The molecule has 1 aliphatic rings. The highest BCUT2D eigenvalue weighted by atomic mass is 16.2. The van der Waals surface area contributed by atoms with E-state index < -0.39 is 0 Å². The number of carbonyl (C=O) groups excluding carboxylic acids is 1. The standard InChI is InChI=1S/C7H15N3O/c1-10(7(9)11)6(4-8)5-2-3-5/h5-6H,2-4,8H2,1H3,(H2,9,11). The minimum atomic E-state index is -0.382. The van der Waals surface area contributed by atoms with Gasteiger partial charge in [0.2, 0.25) is 0 Å². The van der Waals surface area contributed by atoms with Crippen LogP contribution in [0.5, 0.6) is 0 Å². The second kappa shape index (κ2) is 3.09. The van der Waals surface area contributed by atoms with Gasteiger partial charge in [-0.25, -0.2) is 4.79 Å². The summed E-state index contributed by atoms with van der Waals surface area (Å²) in [7, 11) is 1.71. The van der Waals surface area contributed by atoms with Crippen molar-refractivity contribution in [3.8, 4) is 0 Å². The molecule has 1 fully saturated rings. The molecule has 11 heavy (non-hydrogen) atoms. The summed E-state index contributed by atoms with van der Waals surface area (Å²) in [4.78, 5) is 12.3. The number of amides is 2. The molecule has 0 aromatic heterocycles. The van der Waals surface area contributed by atoms with Crippen molar-refractivity contribution < 1.29 is 4.79 Å². The zero-order valence-corrected chi connectivity index (χ0v) is 6.79. The predicted molar refractivity (Wildman–Crippen MR) is 42.9 cm³/mol. The summed E-state index contributed by atoms with van der Waals surface area (Å²) < 4.78 is 0. The SMILES string of the molecule is CN(C(N)=O)C(CN)C1CC1. The molecular formula is C7H15N3O. The predicted octanol–water partition coefficient (Wildman–Crippen LogP) is -0.266. The lowest BCUT2D eigenvalue weighted by molar-refractivity contribution is 0.194. The average Bonchev–Trinajstić information content (AvgIpc) is 2.72. The van der Waals surface area contributed by atoms with Gasteiger partial charge in [0.15, 0.2) is 0 Å². The number of nitrogens with zero attached hydrogens (tertiary/aromatic N) is 1. The lowest BCUT2D eigenvalue weighted by Crippen LogP contribution is -2.45. The van der Waals surface area contributed by atoms with Crippen LogP contribution in [0.1, 0.15) is 12.8 Å². The molecule has 1 aliphatic carbocycles. The second-order valence-corrected chi connectivity index (χ2v) is 3.09. The Balaban J connectivity index is 2.45. The van der Waals surface area contributed by atoms with E-state index in [1.807, 2.05) is 0 Å². The van der Waals surface area contributed by atoms with Crippen LogP contribution in [0.15, 0.2) is 0 Å². The molecule has 1 unspecified atom stereocenters. The Kier molecular flexibility index (Phi) is 2.34. The fourth-order valence-corrected chi connectivity index (χ4v) is 1.31. The van der Waals surface area contributed by atoms with Gasteiger partial charge in [0.05, 0.1) is 0 Å². The summed E-state index contributed by atoms with van der Waals surface area (Å²) in [6.07, 6.45) is 2.36. The number of nitrogens with two attached hydrogens (primary N) is 2. The molecule has 2 amide bonds. The summed E-state index contributed by atoms with van der Waals surface area (Å²) in [5.41, 5.74) is 10.6. The van der Waals surface area contributed by atoms with Crippen LogP contribution in [0.25, 0.3) is 0 Å². The molecule has 4 heteroatoms. The van der Waals surface area contributed by atoms with Crippen molar-refractivity contribution in [1.29, 1.82) is 0 Å². The molecule has 1 rings (SSSR count). The number of likely N-dealkylation sites (N-methyl/N-ethyl adjacent to an activating group) is 1. The van der Waals surface area contributed by atoms with Gasteiger partial charge in [-0.15, -0.1) is 0 Å². The van der Waals surface area contributed by atoms with E-state index in [4.69, 9.17) is 11.5 Å². The lowest BCUT2D eigenvalue weighted by atomic mass is 10.2. The Labute approximate surface area is 66.5 Å². The Bertz CT molecular complexity index is 156. The van der Waals surface area contributed by atoms with E-state index >= 15 is 0 Å². The van der Waals surface area contributed by atoms with Crippen LogP contribution in [0.3, 0.4) is 0 Å². The van der Waals surface area contributed by atoms with Crippen molar-refractivity contribution in [1.82, 2.24) is 4.90 Å². The first-order valence-corrected chi connectivity index (χ1v) is 3.89. The zero-order valence-electron chi connectivity index (χ0n) is 6.79. The third kappa shape index (κ3) is 1.83. The fourth-order valence-electron chi connectivity index (χ4n) is 1.31. The maximum Gasteiger partial charge on any atom is 0.314 e. The molecule has 0 saturated heterocycles. The van der Waals surface area contributed by atoms with Crippen molar-refractivity contribution in [2.24, 2.45) is 17.4 Å². The third-order valence-electron chi connectivity index (χ3n) is 2.25. The number of primary amides is 1. The molecule has 4 nitrogen and oxygen atoms in total. The topological polar surface area (TPSA) is 72.3 Å². The number of rotatable bonds is 3. The summed E-state index contributed by atoms with van der Waals surface area (Å²) in [6, 6.07) is -0.222. The van der Waals surface area contributed by atoms with Gasteiger partial charge in [0.1, 0.15) is 0 Å². The van der Waals surface area contributed by atoms with Crippen LogP contribution in [0.2, 0.25) is 0 Å². The summed E-state index contributed by atoms with van der Waals surface area (Å²) >= 11 is 0. The molecule has 0 aromatic carbocycles. The molecule has 1 atom stereocenters. The van der Waals surface area contributed by atoms with E-state index in [9.17, 15) is 4.79 Å². The lowest BCUT2D eigenvalue weighted by Gasteiger charge is -2.24. The maximum absolute atomic E-state index is 10.7. The number of hydrogen-bond donors (Lipinski definition) is 2. The zero-order chi connectivity index (χ0) is 8.43. The monoisotopic (exact) mass is 157 g/mol. The molecule has 0 aliphatic heterocycles. The first-order chi connectivity index (χ1) is 5.16. The van der Waals surface area contributed by atoms with Gasteiger partial charge in [0.25, 0.3) is 0 Å². The van der Waals surface area contributed by atoms with Crippen LogP contribution in [-0.4, -0.2) is 30.6 Å². The second-order valence-electron chi connectivity index (χ2n) is 3.09. The number of carbonyl (C=O) groups is 1. The number of hydrogen-bond acceptors (Lipinski definition) is 2. The Hall–Kier alpha value is -0.770. The van der Waals surface area contributed by atoms with Crippen LogP contribution >= 0.6 is 0 Å². The van der Waals surface area contributed by atoms with Crippen LogP contribution in [0.4, 0.5) is 4.79 Å². The van der Waals surface area contributed by atoms with Gasteiger partial charge in [0, 0.05) is 19.6 Å². The van der Waals surface area contributed by atoms with Gasteiger partial charge in [-0.3, -0.25) is 0 Å². The Morgan fingerprint density at radius 3 is 2.55 bits per heavy atom. The largest absolute Gasteiger partial charge is 0.351 e. The van der Waals surface area contributed by atoms with Gasteiger partial charge < -0.3 is 16.4 Å². The van der Waals surface area contributed by atoms with Crippen molar-refractivity contribution >= 4 is 6.03 Å². The minimum absolute atomic E-state index is 0.160. The van der Waals surface area contributed by atoms with Gasteiger partial charge in [-0.05, 0) is 18.8 Å². The van der Waals surface area contributed by atoms with Crippen molar-refractivity contribution in [3.05, 3.63) is 0 Å². The molecule has 4 N–H and O–H groups in total. The van der Waals surface area contributed by atoms with Gasteiger partial charge in [-0.2, -0.15) is 0 Å². The third-order valence-corrected chi connectivity index (χ3v) is 2.25. The Morgan fingerprint density at radius 2 is 2.27 bits per heavy atom. The average molecular weight is 157 g/mol. The molecule has 0 bridgehead atoms. The number of urea groups is 1. The van der Waals surface area contributed by atoms with E-state index in [1.54, 1.807) is 7.05 Å². The Morgan fingerprint density at radius 1 is 1.73 bits per heavy atom. The minimum Gasteiger partial charge on any atom is -0.351 e. The van der Waals surface area contributed by atoms with E-state index in [1.165, 1.54) is 17.7 Å². The molecule has 1 saturated carbocycles. The van der Waals surface area contributed by atoms with Crippen molar-refractivity contribution in [2.75, 3.05) is 13.6 Å². The molecule has 0 radical (unpaired) electrons. The molecule has 0 aromatic rings. The highest BCUT2D eigenvalue weighted by molar-refractivity contribution is 5.72. The van der Waals surface area contributed by atoms with Crippen molar-refractivity contribution in [3.63, 3.8) is 0 Å². The van der Waals surface area contributed by atoms with Crippen LogP contribution in [0, 0.1) is 5.92 Å². The van der Waals surface area contributed by atoms with Gasteiger partial charge in [-0.1, -0.05) is 0 Å². The first kappa shape index (κ1) is 8.33. The highest BCUT2D eigenvalue weighted by Gasteiger charge is 2.33. The fraction of sp³-hybridized carbons (Fsp3) is 0.857. The quantitative estimate of drug-likeness (QED) is 0.592. The van der Waals surface area contributed by atoms with E-state index in [-0.39, 0.29) is 12.1 Å². The van der Waals surface area contributed by atoms with Crippen LogP contribution < -0.4 is 11.5 Å². The van der Waals surface area contributed by atoms with E-state index in [2.05, 4.69) is 0 Å². The molecule has 64 valence electrons. The summed E-state index contributed by atoms with van der Waals surface area (Å²) in [5, 5.41) is 0. The molecule has 0 spiro atoms.